The predicted octanol–water partition coefficient (Wildman–Crippen LogP) is 5.87. The summed E-state index contributed by atoms with van der Waals surface area (Å²) in [5.74, 6) is -0.931. The van der Waals surface area contributed by atoms with Gasteiger partial charge in [-0.3, -0.25) is 23.0 Å². The molecule has 0 unspecified atom stereocenters. The van der Waals surface area contributed by atoms with Crippen LogP contribution in [0, 0.1) is 0 Å². The van der Waals surface area contributed by atoms with Crippen molar-refractivity contribution in [3.8, 4) is 0 Å². The third kappa shape index (κ3) is 7.58. The van der Waals surface area contributed by atoms with Gasteiger partial charge in [0.05, 0.1) is 15.2 Å². The highest BCUT2D eigenvalue weighted by Gasteiger charge is 2.46. The van der Waals surface area contributed by atoms with Gasteiger partial charge in [-0.2, -0.15) is 38.2 Å². The molecule has 310 valence electrons. The van der Waals surface area contributed by atoms with E-state index in [0.717, 1.165) is 12.1 Å². The van der Waals surface area contributed by atoms with Crippen LogP contribution in [-0.4, -0.2) is 86.8 Å². The molecule has 0 spiro atoms. The molecule has 0 aromatic heterocycles. The summed E-state index contributed by atoms with van der Waals surface area (Å²) in [6.45, 7) is 7.71. The van der Waals surface area contributed by atoms with Crippen molar-refractivity contribution in [1.29, 1.82) is 0 Å². The summed E-state index contributed by atoms with van der Waals surface area (Å²) in [5, 5.41) is 9.51. The average Bonchev–Trinajstić information content (AvgIpc) is 3.43. The largest absolute Gasteiger partial charge is 0.481 e. The lowest BCUT2D eigenvalue weighted by atomic mass is 9.79. The van der Waals surface area contributed by atoms with Gasteiger partial charge >= 0.3 is 5.97 Å². The number of unbranched alkanes of at least 4 members (excludes halogenated alkanes) is 2. The van der Waals surface area contributed by atoms with Gasteiger partial charge in [-0.25, -0.2) is 0 Å². The van der Waals surface area contributed by atoms with Crippen molar-refractivity contribution in [2.75, 3.05) is 18.5 Å². The molecule has 2 heterocycles. The van der Waals surface area contributed by atoms with Crippen molar-refractivity contribution in [1.82, 2.24) is 0 Å². The van der Waals surface area contributed by atoms with Gasteiger partial charge in [-0.15, -0.1) is 0 Å². The van der Waals surface area contributed by atoms with Crippen molar-refractivity contribution in [3.63, 3.8) is 0 Å². The van der Waals surface area contributed by atoms with Crippen LogP contribution in [0.15, 0.2) is 92.0 Å². The Labute approximate surface area is 335 Å². The number of fused-ring (bicyclic) bond motifs is 6. The van der Waals surface area contributed by atoms with E-state index in [1.54, 1.807) is 31.3 Å². The Morgan fingerprint density at radius 3 is 1.69 bits per heavy atom. The molecule has 4 aromatic carbocycles. The number of benzene rings is 4. The zero-order valence-corrected chi connectivity index (χ0v) is 35.1. The second-order valence-electron chi connectivity index (χ2n) is 15.3. The molecule has 16 nitrogen and oxygen atoms in total. The molecule has 2 aliphatic heterocycles. The van der Waals surface area contributed by atoms with Gasteiger partial charge in [0.1, 0.15) is 16.8 Å². The number of carboxylic acids is 1. The molecule has 0 saturated carbocycles. The Balaban J connectivity index is 1.51. The number of anilines is 1. The van der Waals surface area contributed by atoms with Crippen molar-refractivity contribution in [2.45, 2.75) is 83.8 Å². The SMILES string of the molecule is C[N+]1=C(C=CC=C2N(CCCCCC(=O)O)c3ccc4c(S(=O)(=O)O)cc(S(=O)(=O)O)cc4c3C2(C)C)C(C)(C)c2c1ccc1c(S(=O)(=O)O)cc(S(=O)(=O)O)cc21. The fraction of sp³-hybridized carbons (Fsp3) is 0.316. The number of carboxylic acid groups (broad SMARTS) is 1. The number of aliphatic carboxylic acids is 1. The second kappa shape index (κ2) is 14.3. The lowest BCUT2D eigenvalue weighted by molar-refractivity contribution is -0.401. The molecule has 6 rings (SSSR count). The van der Waals surface area contributed by atoms with Crippen LogP contribution in [0.3, 0.4) is 0 Å². The summed E-state index contributed by atoms with van der Waals surface area (Å²) >= 11 is 0. The Morgan fingerprint density at radius 2 is 1.19 bits per heavy atom. The maximum atomic E-state index is 12.5. The molecule has 2 aliphatic rings. The highest BCUT2D eigenvalue weighted by molar-refractivity contribution is 7.87. The van der Waals surface area contributed by atoms with Crippen molar-refractivity contribution < 1.29 is 66.4 Å². The van der Waals surface area contributed by atoms with Gasteiger partial charge in [0, 0.05) is 58.2 Å². The normalized spacial score (nSPS) is 17.5. The third-order valence-corrected chi connectivity index (χ3v) is 14.3. The first-order valence-corrected chi connectivity index (χ1v) is 23.5. The van der Waals surface area contributed by atoms with Crippen molar-refractivity contribution >= 4 is 85.1 Å². The second-order valence-corrected chi connectivity index (χ2v) is 20.9. The molecule has 5 N–H and O–H groups in total. The summed E-state index contributed by atoms with van der Waals surface area (Å²) in [4.78, 5) is 10.2. The van der Waals surface area contributed by atoms with Crippen LogP contribution >= 0.6 is 0 Å². The Bertz CT molecular complexity index is 3020. The van der Waals surface area contributed by atoms with Crippen LogP contribution in [0.2, 0.25) is 0 Å². The zero-order valence-electron chi connectivity index (χ0n) is 31.8. The van der Waals surface area contributed by atoms with Crippen molar-refractivity contribution in [2.24, 2.45) is 0 Å². The lowest BCUT2D eigenvalue weighted by Gasteiger charge is -2.27. The van der Waals surface area contributed by atoms with Gasteiger partial charge in [0.2, 0.25) is 5.69 Å². The first-order chi connectivity index (χ1) is 26.6. The number of allylic oxidation sites excluding steroid dienone is 4. The maximum Gasteiger partial charge on any atom is 0.303 e. The molecule has 0 aliphatic carbocycles. The molecular formula is C38H41N2O14S4+. The summed E-state index contributed by atoms with van der Waals surface area (Å²) in [7, 11) is -18.0. The number of hydrogen-bond acceptors (Lipinski definition) is 10. The van der Waals surface area contributed by atoms with E-state index in [1.165, 1.54) is 12.1 Å². The van der Waals surface area contributed by atoms with E-state index in [2.05, 4.69) is 0 Å². The van der Waals surface area contributed by atoms with Crippen LogP contribution in [0.5, 0.6) is 0 Å². The van der Waals surface area contributed by atoms with Gasteiger partial charge in [-0.1, -0.05) is 32.4 Å². The summed E-state index contributed by atoms with van der Waals surface area (Å²) in [6, 6.07) is 9.84. The zero-order chi connectivity index (χ0) is 43.1. The Morgan fingerprint density at radius 1 is 0.672 bits per heavy atom. The summed E-state index contributed by atoms with van der Waals surface area (Å²) in [6.07, 6.45) is 6.84. The molecule has 0 fully saturated rings. The van der Waals surface area contributed by atoms with Gasteiger partial charge in [-0.05, 0) is 85.5 Å². The first kappa shape index (κ1) is 43.0. The Kier molecular flexibility index (Phi) is 10.6. The summed E-state index contributed by atoms with van der Waals surface area (Å²) < 4.78 is 141. The maximum absolute atomic E-state index is 12.5. The van der Waals surface area contributed by atoms with E-state index in [4.69, 9.17) is 5.11 Å². The van der Waals surface area contributed by atoms with Crippen molar-refractivity contribution in [3.05, 3.63) is 83.6 Å². The minimum absolute atomic E-state index is 0.0177. The van der Waals surface area contributed by atoms with E-state index < -0.39 is 76.9 Å². The smallest absolute Gasteiger partial charge is 0.303 e. The highest BCUT2D eigenvalue weighted by Crippen LogP contribution is 2.52. The highest BCUT2D eigenvalue weighted by atomic mass is 32.2. The van der Waals surface area contributed by atoms with E-state index in [1.807, 2.05) is 43.2 Å². The molecule has 0 amide bonds. The van der Waals surface area contributed by atoms with Gasteiger partial charge in [0.25, 0.3) is 40.5 Å². The minimum Gasteiger partial charge on any atom is -0.481 e. The van der Waals surface area contributed by atoms with Gasteiger partial charge < -0.3 is 10.0 Å². The molecular weight excluding hydrogens is 837 g/mol. The van der Waals surface area contributed by atoms with Crippen LogP contribution in [-0.2, 0) is 56.1 Å². The number of hydrogen-bond donors (Lipinski definition) is 5. The lowest BCUT2D eigenvalue weighted by Crippen LogP contribution is -2.28. The van der Waals surface area contributed by atoms with E-state index in [-0.39, 0.29) is 28.0 Å². The van der Waals surface area contributed by atoms with Crippen LogP contribution in [0.1, 0.15) is 64.5 Å². The van der Waals surface area contributed by atoms with Gasteiger partial charge in [0.15, 0.2) is 5.71 Å². The molecule has 0 bridgehead atoms. The Hall–Kier alpha value is -4.54. The molecule has 58 heavy (non-hydrogen) atoms. The third-order valence-electron chi connectivity index (χ3n) is 10.9. The fourth-order valence-corrected chi connectivity index (χ4v) is 11.0. The van der Waals surface area contributed by atoms with Crippen LogP contribution in [0.4, 0.5) is 11.4 Å². The number of rotatable bonds is 12. The summed E-state index contributed by atoms with van der Waals surface area (Å²) in [5.41, 5.74) is 1.62. The molecule has 0 saturated heterocycles. The minimum atomic E-state index is -4.97. The first-order valence-electron chi connectivity index (χ1n) is 17.7. The number of carbonyl (C=O) groups is 1. The fourth-order valence-electron chi connectivity index (χ4n) is 8.36. The van der Waals surface area contributed by atoms with Crippen LogP contribution in [0.25, 0.3) is 21.5 Å². The van der Waals surface area contributed by atoms with Crippen LogP contribution < -0.4 is 4.90 Å². The quantitative estimate of drug-likeness (QED) is 0.0633. The molecule has 0 atom stereocenters. The van der Waals surface area contributed by atoms with E-state index >= 15 is 0 Å². The monoisotopic (exact) mass is 877 g/mol. The topological polar surface area (TPSA) is 261 Å². The molecule has 0 radical (unpaired) electrons. The van der Waals surface area contributed by atoms with E-state index in [9.17, 15) is 56.7 Å². The average molecular weight is 878 g/mol. The molecule has 20 heteroatoms. The standard InChI is InChI=1S/C38H40N2O14S4/c1-37(2)32(39(5)28-15-13-24-26(35(28)37)18-22(55(43,44)45)20-30(24)57(49,50)51)10-9-11-33-38(3,4)36-27-19-23(56(46,47)48)21-31(58(52,53)54)25(27)14-16-29(36)40(33)17-8-6-7-12-34(41)42/h9-11,13-16,18-21H,6-8,12,17H2,1-5H3,(H4-,41,42,43,44,45,46,47,48,49,50,51,52,53,54)/p+1. The van der Waals surface area contributed by atoms with E-state index in [0.29, 0.717) is 71.9 Å². The number of nitrogens with zero attached hydrogens (tertiary/aromatic N) is 2. The molecule has 4 aromatic rings. The predicted molar refractivity (Wildman–Crippen MR) is 215 cm³/mol.